The van der Waals surface area contributed by atoms with Crippen molar-refractivity contribution in [1.82, 2.24) is 9.97 Å². The van der Waals surface area contributed by atoms with Gasteiger partial charge in [0.1, 0.15) is 5.82 Å². The first-order valence-electron chi connectivity index (χ1n) is 7.76. The van der Waals surface area contributed by atoms with E-state index in [1.54, 1.807) is 40.6 Å². The van der Waals surface area contributed by atoms with Crippen molar-refractivity contribution in [3.8, 4) is 17.2 Å². The van der Waals surface area contributed by atoms with Gasteiger partial charge in [0.15, 0.2) is 11.5 Å². The van der Waals surface area contributed by atoms with E-state index in [-0.39, 0.29) is 0 Å². The molecule has 25 heavy (non-hydrogen) atoms. The highest BCUT2D eigenvalue weighted by Crippen LogP contribution is 2.40. The van der Waals surface area contributed by atoms with Gasteiger partial charge < -0.3 is 29.6 Å². The minimum Gasteiger partial charge on any atom is -0.493 e. The zero-order valence-electron chi connectivity index (χ0n) is 15.2. The summed E-state index contributed by atoms with van der Waals surface area (Å²) in [6, 6.07) is 5.46. The summed E-state index contributed by atoms with van der Waals surface area (Å²) in [7, 11) is 6.36. The van der Waals surface area contributed by atoms with Crippen LogP contribution in [0.25, 0.3) is 0 Å². The van der Waals surface area contributed by atoms with Crippen molar-refractivity contribution in [3.63, 3.8) is 0 Å². The molecule has 8 nitrogen and oxygen atoms in total. The maximum absolute atomic E-state index is 5.36. The molecule has 1 aromatic carbocycles. The van der Waals surface area contributed by atoms with Gasteiger partial charge in [0.25, 0.3) is 0 Å². The largest absolute Gasteiger partial charge is 0.493 e. The standard InChI is InChI=1S/C17H24N4O4/c1-11-8-15(18-6-7-22-2)21-17(19-11)20-12-9-13(23-3)16(25-5)14(10-12)24-4/h8-10H,6-7H2,1-5H3,(H2,18,19,20,21). The molecule has 0 aliphatic carbocycles. The lowest BCUT2D eigenvalue weighted by atomic mass is 10.2. The lowest BCUT2D eigenvalue weighted by molar-refractivity contribution is 0.210. The first-order chi connectivity index (χ1) is 12.1. The topological polar surface area (TPSA) is 86.8 Å². The number of aryl methyl sites for hydroxylation is 1. The van der Waals surface area contributed by atoms with Gasteiger partial charge in [-0.25, -0.2) is 4.98 Å². The number of methoxy groups -OCH3 is 4. The molecule has 2 aromatic rings. The second-order valence-electron chi connectivity index (χ2n) is 5.18. The maximum Gasteiger partial charge on any atom is 0.229 e. The molecule has 8 heteroatoms. The summed E-state index contributed by atoms with van der Waals surface area (Å²) in [6.07, 6.45) is 0. The third-order valence-electron chi connectivity index (χ3n) is 3.39. The van der Waals surface area contributed by atoms with Crippen LogP contribution in [0.4, 0.5) is 17.5 Å². The van der Waals surface area contributed by atoms with Crippen LogP contribution in [0.3, 0.4) is 0 Å². The number of aromatic nitrogens is 2. The van der Waals surface area contributed by atoms with Gasteiger partial charge in [-0.05, 0) is 6.92 Å². The molecular formula is C17H24N4O4. The third kappa shape index (κ3) is 4.87. The molecule has 0 aliphatic heterocycles. The van der Waals surface area contributed by atoms with E-state index in [1.807, 2.05) is 13.0 Å². The SMILES string of the molecule is COCCNc1cc(C)nc(Nc2cc(OC)c(OC)c(OC)c2)n1. The van der Waals surface area contributed by atoms with E-state index in [4.69, 9.17) is 18.9 Å². The number of rotatable bonds is 9. The molecule has 0 unspecified atom stereocenters. The van der Waals surface area contributed by atoms with Gasteiger partial charge in [-0.15, -0.1) is 0 Å². The molecule has 1 heterocycles. The molecule has 0 saturated heterocycles. The van der Waals surface area contributed by atoms with E-state index < -0.39 is 0 Å². The first kappa shape index (κ1) is 18.6. The lowest BCUT2D eigenvalue weighted by Crippen LogP contribution is -2.10. The van der Waals surface area contributed by atoms with Gasteiger partial charge in [-0.2, -0.15) is 4.98 Å². The molecule has 136 valence electrons. The summed E-state index contributed by atoms with van der Waals surface area (Å²) in [4.78, 5) is 8.86. The van der Waals surface area contributed by atoms with E-state index >= 15 is 0 Å². The number of ether oxygens (including phenoxy) is 4. The molecule has 0 amide bonds. The Morgan fingerprint density at radius 1 is 0.920 bits per heavy atom. The Hall–Kier alpha value is -2.74. The summed E-state index contributed by atoms with van der Waals surface area (Å²) in [5.41, 5.74) is 1.56. The van der Waals surface area contributed by atoms with Gasteiger partial charge in [-0.1, -0.05) is 0 Å². The number of nitrogens with zero attached hydrogens (tertiary/aromatic N) is 2. The highest BCUT2D eigenvalue weighted by molar-refractivity contribution is 5.66. The average molecular weight is 348 g/mol. The maximum atomic E-state index is 5.36. The number of anilines is 3. The van der Waals surface area contributed by atoms with E-state index in [0.717, 1.165) is 17.2 Å². The van der Waals surface area contributed by atoms with E-state index in [1.165, 1.54) is 0 Å². The van der Waals surface area contributed by atoms with Crippen LogP contribution in [-0.2, 0) is 4.74 Å². The molecule has 0 saturated carbocycles. The summed E-state index contributed by atoms with van der Waals surface area (Å²) in [5.74, 6) is 2.82. The predicted octanol–water partition coefficient (Wildman–Crippen LogP) is 2.61. The first-order valence-corrected chi connectivity index (χ1v) is 7.76. The van der Waals surface area contributed by atoms with Crippen molar-refractivity contribution in [2.24, 2.45) is 0 Å². The summed E-state index contributed by atoms with van der Waals surface area (Å²) >= 11 is 0. The van der Waals surface area contributed by atoms with E-state index in [0.29, 0.717) is 36.3 Å². The quantitative estimate of drug-likeness (QED) is 0.669. The molecular weight excluding hydrogens is 324 g/mol. The number of hydrogen-bond acceptors (Lipinski definition) is 8. The van der Waals surface area contributed by atoms with Crippen molar-refractivity contribution in [2.75, 3.05) is 52.2 Å². The second-order valence-corrected chi connectivity index (χ2v) is 5.18. The molecule has 2 N–H and O–H groups in total. The van der Waals surface area contributed by atoms with Gasteiger partial charge in [0.05, 0.1) is 27.9 Å². The van der Waals surface area contributed by atoms with Crippen molar-refractivity contribution < 1.29 is 18.9 Å². The van der Waals surface area contributed by atoms with Crippen LogP contribution >= 0.6 is 0 Å². The van der Waals surface area contributed by atoms with E-state index in [2.05, 4.69) is 20.6 Å². The average Bonchev–Trinajstić information content (AvgIpc) is 2.60. The Labute approximate surface area is 147 Å². The Balaban J connectivity index is 2.26. The zero-order chi connectivity index (χ0) is 18.2. The van der Waals surface area contributed by atoms with Gasteiger partial charge >= 0.3 is 0 Å². The Kier molecular flexibility index (Phi) is 6.64. The summed E-state index contributed by atoms with van der Waals surface area (Å²) in [6.45, 7) is 3.17. The smallest absolute Gasteiger partial charge is 0.229 e. The zero-order valence-corrected chi connectivity index (χ0v) is 15.2. The van der Waals surface area contributed by atoms with Crippen LogP contribution in [0.15, 0.2) is 18.2 Å². The van der Waals surface area contributed by atoms with Crippen LogP contribution in [0.2, 0.25) is 0 Å². The van der Waals surface area contributed by atoms with Crippen LogP contribution in [0.5, 0.6) is 17.2 Å². The number of benzene rings is 1. The fourth-order valence-corrected chi connectivity index (χ4v) is 2.28. The molecule has 0 bridgehead atoms. The molecule has 0 aliphatic rings. The fraction of sp³-hybridized carbons (Fsp3) is 0.412. The molecule has 0 atom stereocenters. The minimum atomic E-state index is 0.467. The third-order valence-corrected chi connectivity index (χ3v) is 3.39. The Morgan fingerprint density at radius 2 is 1.60 bits per heavy atom. The van der Waals surface area contributed by atoms with Crippen LogP contribution in [-0.4, -0.2) is 51.6 Å². The summed E-state index contributed by atoms with van der Waals surface area (Å²) < 4.78 is 21.1. The molecule has 0 spiro atoms. The Morgan fingerprint density at radius 3 is 2.16 bits per heavy atom. The lowest BCUT2D eigenvalue weighted by Gasteiger charge is -2.15. The van der Waals surface area contributed by atoms with Gasteiger partial charge in [0, 0.05) is 43.2 Å². The second kappa shape index (κ2) is 8.93. The number of nitrogens with one attached hydrogen (secondary N) is 2. The van der Waals surface area contributed by atoms with Crippen LogP contribution in [0, 0.1) is 6.92 Å². The molecule has 0 fully saturated rings. The molecule has 1 aromatic heterocycles. The van der Waals surface area contributed by atoms with Gasteiger partial charge in [-0.3, -0.25) is 0 Å². The highest BCUT2D eigenvalue weighted by atomic mass is 16.5. The Bertz CT molecular complexity index is 684. The number of hydrogen-bond donors (Lipinski definition) is 2. The van der Waals surface area contributed by atoms with Crippen molar-refractivity contribution in [3.05, 3.63) is 23.9 Å². The van der Waals surface area contributed by atoms with E-state index in [9.17, 15) is 0 Å². The van der Waals surface area contributed by atoms with Gasteiger partial charge in [0.2, 0.25) is 11.7 Å². The summed E-state index contributed by atoms with van der Waals surface area (Å²) in [5, 5.41) is 6.36. The minimum absolute atomic E-state index is 0.467. The van der Waals surface area contributed by atoms with Crippen LogP contribution < -0.4 is 24.8 Å². The van der Waals surface area contributed by atoms with Crippen molar-refractivity contribution in [2.45, 2.75) is 6.92 Å². The highest BCUT2D eigenvalue weighted by Gasteiger charge is 2.14. The normalized spacial score (nSPS) is 10.3. The van der Waals surface area contributed by atoms with Crippen molar-refractivity contribution >= 4 is 17.5 Å². The predicted molar refractivity (Wildman–Crippen MR) is 96.5 cm³/mol. The molecule has 2 rings (SSSR count). The van der Waals surface area contributed by atoms with Crippen molar-refractivity contribution in [1.29, 1.82) is 0 Å². The van der Waals surface area contributed by atoms with Crippen LogP contribution in [0.1, 0.15) is 5.69 Å². The monoisotopic (exact) mass is 348 g/mol. The fourth-order valence-electron chi connectivity index (χ4n) is 2.28. The molecule has 0 radical (unpaired) electrons.